The third-order valence-corrected chi connectivity index (χ3v) is 6.99. The Balaban J connectivity index is 0.00000336. The Bertz CT molecular complexity index is 1480. The van der Waals surface area contributed by atoms with Crippen LogP contribution in [0.1, 0.15) is 39.8 Å². The molecule has 1 aliphatic rings. The summed E-state index contributed by atoms with van der Waals surface area (Å²) in [6, 6.07) is 13.8. The number of hydrogen-bond acceptors (Lipinski definition) is 6. The Morgan fingerprint density at radius 3 is 2.71 bits per heavy atom. The van der Waals surface area contributed by atoms with E-state index >= 15 is 0 Å². The van der Waals surface area contributed by atoms with Gasteiger partial charge in [0.15, 0.2) is 0 Å². The van der Waals surface area contributed by atoms with Gasteiger partial charge in [-0.05, 0) is 81.2 Å². The Hall–Kier alpha value is -3.98. The topological polar surface area (TPSA) is 105 Å². The molecule has 0 spiro atoms. The van der Waals surface area contributed by atoms with Gasteiger partial charge in [0.2, 0.25) is 5.95 Å². The quantitative estimate of drug-likeness (QED) is 0.338. The number of aryl methyl sites for hydroxylation is 1. The van der Waals surface area contributed by atoms with Crippen LogP contribution >= 0.6 is 0 Å². The summed E-state index contributed by atoms with van der Waals surface area (Å²) in [7, 11) is 0. The number of H-pyrrole nitrogens is 1. The Morgan fingerprint density at radius 2 is 2.00 bits per heavy atom. The predicted molar refractivity (Wildman–Crippen MR) is 151 cm³/mol. The molecule has 1 aliphatic heterocycles. The molecule has 1 aromatic carbocycles. The number of fused-ring (bicyclic) bond motifs is 1. The molecule has 2 N–H and O–H groups in total. The number of likely N-dealkylation sites (N-methyl/N-ethyl adjacent to an activating group) is 1. The van der Waals surface area contributed by atoms with E-state index in [9.17, 15) is 9.59 Å². The second-order valence-electron chi connectivity index (χ2n) is 9.32. The molecule has 9 nitrogen and oxygen atoms in total. The van der Waals surface area contributed by atoms with E-state index in [1.807, 2.05) is 41.8 Å². The number of aromatic amines is 1. The first kappa shape index (κ1) is 27.1. The van der Waals surface area contributed by atoms with Gasteiger partial charge in [0.05, 0.1) is 23.3 Å². The van der Waals surface area contributed by atoms with Gasteiger partial charge in [-0.25, -0.2) is 9.78 Å². The molecule has 200 valence electrons. The van der Waals surface area contributed by atoms with E-state index in [0.717, 1.165) is 53.1 Å². The first-order chi connectivity index (χ1) is 18.0. The summed E-state index contributed by atoms with van der Waals surface area (Å²) in [5.74, 6) is 0.284. The van der Waals surface area contributed by atoms with Crippen molar-refractivity contribution >= 4 is 23.1 Å². The fourth-order valence-electron chi connectivity index (χ4n) is 5.18. The van der Waals surface area contributed by atoms with Crippen LogP contribution in [-0.4, -0.2) is 56.3 Å². The smallest absolute Gasteiger partial charge is 0.413 e. The number of benzene rings is 1. The molecule has 1 unspecified atom stereocenters. The lowest BCUT2D eigenvalue weighted by Gasteiger charge is -2.24. The number of rotatable bonds is 7. The van der Waals surface area contributed by atoms with Crippen molar-refractivity contribution in [2.45, 2.75) is 53.6 Å². The molecule has 0 aliphatic carbocycles. The van der Waals surface area contributed by atoms with Gasteiger partial charge in [-0.2, -0.15) is 0 Å². The summed E-state index contributed by atoms with van der Waals surface area (Å²) in [4.78, 5) is 40.0. The molecular weight excluding hydrogens is 480 g/mol. The maximum Gasteiger partial charge on any atom is 0.413 e. The molecule has 0 bridgehead atoms. The highest BCUT2D eigenvalue weighted by atomic mass is 16.5. The van der Waals surface area contributed by atoms with Gasteiger partial charge in [-0.3, -0.25) is 20.0 Å². The maximum absolute atomic E-state index is 13.3. The standard InChI is InChI=1S/C28H32N6O3.CH4/c1-4-33-12-8-9-21(33)17-34-18(3)13-19(16-25(34)35)20-14-22(23-10-6-7-11-29-23)26-24(15-20)30-27(31-26)32-28(36)37-5-2;/h6-7,10-11,13-16,21H,4-5,8-9,12,17H2,1-3H3,(H2,30,31,32,36);1H4. The summed E-state index contributed by atoms with van der Waals surface area (Å²) in [6.45, 7) is 8.98. The number of carbonyl (C=O) groups excluding carboxylic acids is 1. The number of imidazole rings is 1. The van der Waals surface area contributed by atoms with Crippen LogP contribution in [0.25, 0.3) is 33.4 Å². The minimum Gasteiger partial charge on any atom is -0.450 e. The van der Waals surface area contributed by atoms with Crippen LogP contribution in [-0.2, 0) is 11.3 Å². The van der Waals surface area contributed by atoms with E-state index in [2.05, 4.69) is 38.2 Å². The van der Waals surface area contributed by atoms with E-state index in [-0.39, 0.29) is 25.5 Å². The largest absolute Gasteiger partial charge is 0.450 e. The number of amides is 1. The minimum atomic E-state index is -0.579. The molecule has 0 saturated carbocycles. The minimum absolute atomic E-state index is 0. The Labute approximate surface area is 222 Å². The number of hydrogen-bond donors (Lipinski definition) is 2. The van der Waals surface area contributed by atoms with Crippen molar-refractivity contribution in [3.8, 4) is 22.4 Å². The Morgan fingerprint density at radius 1 is 1.18 bits per heavy atom. The van der Waals surface area contributed by atoms with Crippen LogP contribution < -0.4 is 10.9 Å². The lowest BCUT2D eigenvalue weighted by atomic mass is 9.99. The fraction of sp³-hybridized carbons (Fsp3) is 0.379. The average Bonchev–Trinajstić information content (AvgIpc) is 3.52. The van der Waals surface area contributed by atoms with Crippen LogP contribution in [0.4, 0.5) is 10.7 Å². The number of pyridine rings is 2. The molecule has 0 radical (unpaired) electrons. The van der Waals surface area contributed by atoms with E-state index in [1.54, 1.807) is 19.2 Å². The molecule has 1 amide bonds. The van der Waals surface area contributed by atoms with Crippen molar-refractivity contribution in [3.63, 3.8) is 0 Å². The molecule has 9 heteroatoms. The predicted octanol–water partition coefficient (Wildman–Crippen LogP) is 5.45. The van der Waals surface area contributed by atoms with Gasteiger partial charge in [-0.15, -0.1) is 0 Å². The van der Waals surface area contributed by atoms with Crippen molar-refractivity contribution < 1.29 is 9.53 Å². The second kappa shape index (κ2) is 11.6. The zero-order chi connectivity index (χ0) is 25.9. The molecule has 1 atom stereocenters. The van der Waals surface area contributed by atoms with E-state index in [0.29, 0.717) is 18.1 Å². The molecule has 4 heterocycles. The van der Waals surface area contributed by atoms with Crippen molar-refractivity contribution in [3.05, 3.63) is 64.7 Å². The molecule has 1 fully saturated rings. The summed E-state index contributed by atoms with van der Waals surface area (Å²) in [5.41, 5.74) is 5.54. The normalized spacial score (nSPS) is 15.4. The average molecular weight is 517 g/mol. The lowest BCUT2D eigenvalue weighted by Crippen LogP contribution is -2.36. The number of aromatic nitrogens is 4. The third kappa shape index (κ3) is 5.47. The van der Waals surface area contributed by atoms with E-state index in [1.165, 1.54) is 6.42 Å². The molecule has 3 aromatic heterocycles. The van der Waals surface area contributed by atoms with Crippen molar-refractivity contribution in [1.82, 2.24) is 24.4 Å². The third-order valence-electron chi connectivity index (χ3n) is 6.99. The second-order valence-corrected chi connectivity index (χ2v) is 9.32. The number of nitrogens with zero attached hydrogens (tertiary/aromatic N) is 4. The van der Waals surface area contributed by atoms with Crippen molar-refractivity contribution in [1.29, 1.82) is 0 Å². The van der Waals surface area contributed by atoms with Gasteiger partial charge in [0.25, 0.3) is 5.56 Å². The molecule has 1 saturated heterocycles. The lowest BCUT2D eigenvalue weighted by molar-refractivity contribution is 0.167. The summed E-state index contributed by atoms with van der Waals surface area (Å²) >= 11 is 0. The monoisotopic (exact) mass is 516 g/mol. The Kier molecular flexibility index (Phi) is 8.26. The first-order valence-corrected chi connectivity index (χ1v) is 12.8. The maximum atomic E-state index is 13.3. The molecule has 5 rings (SSSR count). The van der Waals surface area contributed by atoms with Gasteiger partial charge < -0.3 is 14.3 Å². The highest BCUT2D eigenvalue weighted by Crippen LogP contribution is 2.33. The van der Waals surface area contributed by atoms with Crippen LogP contribution in [0.3, 0.4) is 0 Å². The van der Waals surface area contributed by atoms with Gasteiger partial charge in [-0.1, -0.05) is 20.4 Å². The van der Waals surface area contributed by atoms with Crippen LogP contribution in [0.2, 0.25) is 0 Å². The summed E-state index contributed by atoms with van der Waals surface area (Å²) in [5, 5.41) is 2.63. The molecule has 4 aromatic rings. The van der Waals surface area contributed by atoms with Crippen LogP contribution in [0, 0.1) is 6.92 Å². The molecular formula is C29H36N6O3. The number of likely N-dealkylation sites (tertiary alicyclic amines) is 1. The fourth-order valence-corrected chi connectivity index (χ4v) is 5.18. The number of anilines is 1. The van der Waals surface area contributed by atoms with E-state index in [4.69, 9.17) is 4.74 Å². The van der Waals surface area contributed by atoms with Gasteiger partial charge in [0.1, 0.15) is 0 Å². The van der Waals surface area contributed by atoms with Gasteiger partial charge >= 0.3 is 6.09 Å². The van der Waals surface area contributed by atoms with Crippen LogP contribution in [0.15, 0.2) is 53.5 Å². The summed E-state index contributed by atoms with van der Waals surface area (Å²) in [6.07, 6.45) is 3.45. The van der Waals surface area contributed by atoms with Crippen molar-refractivity contribution in [2.24, 2.45) is 0 Å². The summed E-state index contributed by atoms with van der Waals surface area (Å²) < 4.78 is 6.87. The van der Waals surface area contributed by atoms with Crippen LogP contribution in [0.5, 0.6) is 0 Å². The van der Waals surface area contributed by atoms with Crippen molar-refractivity contribution in [2.75, 3.05) is 25.0 Å². The number of ether oxygens (including phenoxy) is 1. The zero-order valence-corrected chi connectivity index (χ0v) is 21.5. The SMILES string of the molecule is C.CCOC(=O)Nc1nc2c(-c3ccccn3)cc(-c3cc(C)n(CC4CCCN4CC)c(=O)c3)cc2[nH]1. The van der Waals surface area contributed by atoms with Gasteiger partial charge in [0, 0.05) is 36.1 Å². The highest BCUT2D eigenvalue weighted by molar-refractivity contribution is 5.97. The number of nitrogens with one attached hydrogen (secondary N) is 2. The molecule has 38 heavy (non-hydrogen) atoms. The van der Waals surface area contributed by atoms with E-state index < -0.39 is 6.09 Å². The first-order valence-electron chi connectivity index (χ1n) is 12.8. The highest BCUT2D eigenvalue weighted by Gasteiger charge is 2.24. The number of carbonyl (C=O) groups is 1. The zero-order valence-electron chi connectivity index (χ0n) is 21.5.